The number of alkyl carbamates (subject to hydrolysis) is 2. The predicted molar refractivity (Wildman–Crippen MR) is 175 cm³/mol. The summed E-state index contributed by atoms with van der Waals surface area (Å²) in [6.07, 6.45) is 7.01. The zero-order valence-corrected chi connectivity index (χ0v) is 27.1. The van der Waals surface area contributed by atoms with Gasteiger partial charge >= 0.3 is 12.2 Å². The second-order valence-electron chi connectivity index (χ2n) is 11.7. The second-order valence-corrected chi connectivity index (χ2v) is 11.7. The number of rotatable bonds is 22. The number of hydrogen-bond donors (Lipinski definition) is 4. The molecule has 2 aromatic rings. The van der Waals surface area contributed by atoms with Gasteiger partial charge in [0.1, 0.15) is 19.5 Å². The van der Waals surface area contributed by atoms with E-state index >= 15 is 0 Å². The highest BCUT2D eigenvalue weighted by atomic mass is 16.6. The fraction of sp³-hybridized carbons (Fsp3) is 0.543. The summed E-state index contributed by atoms with van der Waals surface area (Å²) in [7, 11) is 0. The molecule has 0 radical (unpaired) electrons. The van der Waals surface area contributed by atoms with Crippen LogP contribution in [0.2, 0.25) is 0 Å². The Morgan fingerprint density at radius 2 is 1.18 bits per heavy atom. The van der Waals surface area contributed by atoms with Gasteiger partial charge < -0.3 is 30.2 Å². The number of benzene rings is 2. The van der Waals surface area contributed by atoms with E-state index in [1.54, 1.807) is 0 Å². The number of amides is 3. The third-order valence-electron chi connectivity index (χ3n) is 7.53. The smallest absolute Gasteiger partial charge is 0.414 e. The van der Waals surface area contributed by atoms with Crippen molar-refractivity contribution in [2.24, 2.45) is 11.8 Å². The Hall–Kier alpha value is -3.76. The SMILES string of the molecule is CC(CNC(=O)OCc1ccccc1)[C@H](NCCCCCCCCCN[C@H](C=O)C(C)C)C(=O)NC(=O)OCc1ccccc1. The maximum atomic E-state index is 13.1. The van der Waals surface area contributed by atoms with Gasteiger partial charge in [0.2, 0.25) is 5.91 Å². The Morgan fingerprint density at radius 1 is 0.689 bits per heavy atom. The normalized spacial score (nSPS) is 13.0. The van der Waals surface area contributed by atoms with Gasteiger partial charge in [0, 0.05) is 6.54 Å². The van der Waals surface area contributed by atoms with E-state index in [2.05, 4.69) is 21.3 Å². The van der Waals surface area contributed by atoms with E-state index in [0.717, 1.165) is 68.9 Å². The summed E-state index contributed by atoms with van der Waals surface area (Å²) >= 11 is 0. The molecular weight excluding hydrogens is 572 g/mol. The molecule has 45 heavy (non-hydrogen) atoms. The zero-order chi connectivity index (χ0) is 32.7. The number of carbonyl (C=O) groups is 4. The van der Waals surface area contributed by atoms with Crippen molar-refractivity contribution in [3.8, 4) is 0 Å². The molecule has 2 rings (SSSR count). The largest absolute Gasteiger partial charge is 0.445 e. The number of imide groups is 1. The highest BCUT2D eigenvalue weighted by Crippen LogP contribution is 2.09. The molecule has 0 aliphatic carbocycles. The van der Waals surface area contributed by atoms with Crippen molar-refractivity contribution < 1.29 is 28.7 Å². The number of aldehydes is 1. The fourth-order valence-corrected chi connectivity index (χ4v) is 4.73. The molecule has 0 aromatic heterocycles. The summed E-state index contributed by atoms with van der Waals surface area (Å²) in [6.45, 7) is 7.73. The van der Waals surface area contributed by atoms with Crippen molar-refractivity contribution in [2.75, 3.05) is 19.6 Å². The average Bonchev–Trinajstić information content (AvgIpc) is 3.04. The topological polar surface area (TPSA) is 135 Å². The molecule has 1 unspecified atom stereocenters. The minimum atomic E-state index is -0.820. The Kier molecular flexibility index (Phi) is 18.9. The lowest BCUT2D eigenvalue weighted by molar-refractivity contribution is -0.123. The Balaban J connectivity index is 1.74. The van der Waals surface area contributed by atoms with Crippen LogP contribution in [-0.2, 0) is 32.3 Å². The molecule has 0 aliphatic heterocycles. The van der Waals surface area contributed by atoms with Crippen molar-refractivity contribution in [3.05, 3.63) is 71.8 Å². The number of ether oxygens (including phenoxy) is 2. The van der Waals surface area contributed by atoms with Gasteiger partial charge in [0.25, 0.3) is 0 Å². The first-order valence-corrected chi connectivity index (χ1v) is 16.2. The summed E-state index contributed by atoms with van der Waals surface area (Å²) in [5.41, 5.74) is 1.69. The fourth-order valence-electron chi connectivity index (χ4n) is 4.73. The third-order valence-corrected chi connectivity index (χ3v) is 7.53. The Labute approximate surface area is 268 Å². The van der Waals surface area contributed by atoms with Crippen molar-refractivity contribution in [2.45, 2.75) is 91.0 Å². The van der Waals surface area contributed by atoms with Gasteiger partial charge in [-0.15, -0.1) is 0 Å². The molecule has 3 amide bonds. The van der Waals surface area contributed by atoms with E-state index in [1.807, 2.05) is 81.4 Å². The van der Waals surface area contributed by atoms with Crippen LogP contribution in [0.15, 0.2) is 60.7 Å². The predicted octanol–water partition coefficient (Wildman–Crippen LogP) is 5.50. The van der Waals surface area contributed by atoms with Gasteiger partial charge in [0.05, 0.1) is 12.1 Å². The van der Waals surface area contributed by atoms with Crippen LogP contribution in [0, 0.1) is 11.8 Å². The summed E-state index contributed by atoms with van der Waals surface area (Å²) in [5, 5.41) is 11.6. The summed E-state index contributed by atoms with van der Waals surface area (Å²) in [5.74, 6) is -0.543. The molecule has 0 heterocycles. The third kappa shape index (κ3) is 16.8. The number of unbranched alkanes of at least 4 members (excludes halogenated alkanes) is 6. The molecule has 0 saturated heterocycles. The van der Waals surface area contributed by atoms with E-state index < -0.39 is 24.1 Å². The molecule has 0 fully saturated rings. The summed E-state index contributed by atoms with van der Waals surface area (Å²) in [6, 6.07) is 17.8. The zero-order valence-electron chi connectivity index (χ0n) is 27.1. The monoisotopic (exact) mass is 624 g/mol. The van der Waals surface area contributed by atoms with Crippen LogP contribution in [0.3, 0.4) is 0 Å². The van der Waals surface area contributed by atoms with Gasteiger partial charge in [0.15, 0.2) is 0 Å². The summed E-state index contributed by atoms with van der Waals surface area (Å²) in [4.78, 5) is 48.8. The molecule has 10 heteroatoms. The molecular formula is C35H52N4O6. The maximum absolute atomic E-state index is 13.1. The van der Waals surface area contributed by atoms with Crippen LogP contribution in [0.1, 0.15) is 76.8 Å². The highest BCUT2D eigenvalue weighted by molar-refractivity contribution is 5.95. The summed E-state index contributed by atoms with van der Waals surface area (Å²) < 4.78 is 10.5. The Bertz CT molecular complexity index is 1120. The molecule has 0 saturated carbocycles. The number of carbonyl (C=O) groups excluding carboxylic acids is 4. The Morgan fingerprint density at radius 3 is 1.69 bits per heavy atom. The highest BCUT2D eigenvalue weighted by Gasteiger charge is 2.27. The van der Waals surface area contributed by atoms with Gasteiger partial charge in [-0.05, 0) is 48.9 Å². The molecule has 0 aliphatic rings. The van der Waals surface area contributed by atoms with Crippen molar-refractivity contribution in [1.29, 1.82) is 0 Å². The number of hydrogen-bond acceptors (Lipinski definition) is 8. The first kappa shape index (κ1) is 37.4. The lowest BCUT2D eigenvalue weighted by Gasteiger charge is -2.24. The van der Waals surface area contributed by atoms with Gasteiger partial charge in [-0.25, -0.2) is 9.59 Å². The van der Waals surface area contributed by atoms with Crippen molar-refractivity contribution in [1.82, 2.24) is 21.3 Å². The van der Waals surface area contributed by atoms with Crippen LogP contribution in [0.4, 0.5) is 9.59 Å². The van der Waals surface area contributed by atoms with Crippen LogP contribution < -0.4 is 21.3 Å². The van der Waals surface area contributed by atoms with E-state index in [-0.39, 0.29) is 31.7 Å². The lowest BCUT2D eigenvalue weighted by Crippen LogP contribution is -2.52. The average molecular weight is 625 g/mol. The maximum Gasteiger partial charge on any atom is 0.414 e. The van der Waals surface area contributed by atoms with Crippen LogP contribution in [0.5, 0.6) is 0 Å². The van der Waals surface area contributed by atoms with E-state index in [0.29, 0.717) is 12.5 Å². The quantitative estimate of drug-likeness (QED) is 0.0996. The molecule has 3 atom stereocenters. The van der Waals surface area contributed by atoms with E-state index in [1.165, 1.54) is 0 Å². The van der Waals surface area contributed by atoms with Crippen LogP contribution >= 0.6 is 0 Å². The molecule has 4 N–H and O–H groups in total. The minimum Gasteiger partial charge on any atom is -0.445 e. The second kappa shape index (κ2) is 22.7. The standard InChI is InChI=1S/C35H52N4O6/c1-27(2)31(24-40)36-21-15-7-5-4-6-8-16-22-37-32(33(41)39-35(43)45-26-30-19-13-10-14-20-30)28(3)23-38-34(42)44-25-29-17-11-9-12-18-29/h9-14,17-20,24,27-28,31-32,36-37H,4-8,15-16,21-23,25-26H2,1-3H3,(H,38,42)(H,39,41,43)/t28?,31-,32+/m1/s1. The van der Waals surface area contributed by atoms with Crippen LogP contribution in [0.25, 0.3) is 0 Å². The lowest BCUT2D eigenvalue weighted by atomic mass is 10.0. The first-order chi connectivity index (χ1) is 21.8. The van der Waals surface area contributed by atoms with Crippen molar-refractivity contribution >= 4 is 24.4 Å². The first-order valence-electron chi connectivity index (χ1n) is 16.2. The molecule has 0 bridgehead atoms. The van der Waals surface area contributed by atoms with Gasteiger partial charge in [-0.1, -0.05) is 114 Å². The van der Waals surface area contributed by atoms with Gasteiger partial charge in [-0.2, -0.15) is 0 Å². The van der Waals surface area contributed by atoms with E-state index in [9.17, 15) is 19.2 Å². The molecule has 248 valence electrons. The molecule has 0 spiro atoms. The van der Waals surface area contributed by atoms with Gasteiger partial charge in [-0.3, -0.25) is 10.1 Å². The van der Waals surface area contributed by atoms with E-state index in [4.69, 9.17) is 9.47 Å². The minimum absolute atomic E-state index is 0.0517. The number of nitrogens with one attached hydrogen (secondary N) is 4. The molecule has 2 aromatic carbocycles. The molecule has 10 nitrogen and oxygen atoms in total. The van der Waals surface area contributed by atoms with Crippen molar-refractivity contribution in [3.63, 3.8) is 0 Å². The van der Waals surface area contributed by atoms with Crippen LogP contribution in [-0.4, -0.2) is 56.1 Å².